The number of hydrogen-bond donors (Lipinski definition) is 0. The van der Waals surface area contributed by atoms with Crippen molar-refractivity contribution in [2.75, 3.05) is 0 Å². The predicted octanol–water partition coefficient (Wildman–Crippen LogP) is 4.19. The first-order valence-electron chi connectivity index (χ1n) is 6.27. The summed E-state index contributed by atoms with van der Waals surface area (Å²) >= 11 is 5.84. The van der Waals surface area contributed by atoms with Crippen molar-refractivity contribution >= 4 is 17.4 Å². The molecular formula is C16H13ClO2. The number of carbonyl (C=O) groups is 1. The van der Waals surface area contributed by atoms with Gasteiger partial charge in [0.1, 0.15) is 17.3 Å². The van der Waals surface area contributed by atoms with Crippen LogP contribution in [0.15, 0.2) is 42.5 Å². The maximum atomic E-state index is 11.4. The summed E-state index contributed by atoms with van der Waals surface area (Å²) in [7, 11) is 0. The van der Waals surface area contributed by atoms with Crippen molar-refractivity contribution in [2.45, 2.75) is 19.3 Å². The Bertz CT molecular complexity index is 617. The van der Waals surface area contributed by atoms with Crippen LogP contribution in [0.1, 0.15) is 17.5 Å². The van der Waals surface area contributed by atoms with Crippen LogP contribution in [0.3, 0.4) is 0 Å². The second kappa shape index (κ2) is 5.06. The van der Waals surface area contributed by atoms with Gasteiger partial charge in [-0.3, -0.25) is 4.79 Å². The second-order valence-corrected chi connectivity index (χ2v) is 5.14. The first kappa shape index (κ1) is 12.2. The van der Waals surface area contributed by atoms with Crippen LogP contribution in [0.25, 0.3) is 0 Å². The molecule has 3 heteroatoms. The minimum atomic E-state index is 0.318. The Kier molecular flexibility index (Phi) is 3.26. The third-order valence-electron chi connectivity index (χ3n) is 3.29. The van der Waals surface area contributed by atoms with Crippen LogP contribution in [-0.4, -0.2) is 5.78 Å². The molecule has 19 heavy (non-hydrogen) atoms. The van der Waals surface area contributed by atoms with Crippen LogP contribution in [0.4, 0.5) is 0 Å². The Morgan fingerprint density at radius 3 is 2.42 bits per heavy atom. The van der Waals surface area contributed by atoms with E-state index in [9.17, 15) is 4.79 Å². The lowest BCUT2D eigenvalue weighted by atomic mass is 9.91. The van der Waals surface area contributed by atoms with Gasteiger partial charge in [-0.25, -0.2) is 0 Å². The van der Waals surface area contributed by atoms with Crippen molar-refractivity contribution in [3.8, 4) is 11.5 Å². The summed E-state index contributed by atoms with van der Waals surface area (Å²) in [6, 6.07) is 13.2. The summed E-state index contributed by atoms with van der Waals surface area (Å²) < 4.78 is 5.78. The Labute approximate surface area is 117 Å². The molecule has 0 fully saturated rings. The van der Waals surface area contributed by atoms with Crippen LogP contribution < -0.4 is 4.74 Å². The number of carbonyl (C=O) groups excluding carboxylic acids is 1. The largest absolute Gasteiger partial charge is 0.457 e. The first-order chi connectivity index (χ1) is 9.20. The normalized spacial score (nSPS) is 14.1. The van der Waals surface area contributed by atoms with E-state index in [2.05, 4.69) is 0 Å². The van der Waals surface area contributed by atoms with Crippen LogP contribution in [0.2, 0.25) is 5.02 Å². The topological polar surface area (TPSA) is 26.3 Å². The number of aryl methyl sites for hydroxylation is 1. The minimum absolute atomic E-state index is 0.318. The van der Waals surface area contributed by atoms with Gasteiger partial charge in [0.15, 0.2) is 0 Å². The third kappa shape index (κ3) is 2.79. The SMILES string of the molecule is O=C1CCc2cc(Oc3ccc(Cl)cc3)ccc2C1. The van der Waals surface area contributed by atoms with Gasteiger partial charge in [-0.15, -0.1) is 0 Å². The average molecular weight is 273 g/mol. The van der Waals surface area contributed by atoms with Crippen molar-refractivity contribution in [2.24, 2.45) is 0 Å². The Morgan fingerprint density at radius 1 is 0.895 bits per heavy atom. The van der Waals surface area contributed by atoms with E-state index in [0.29, 0.717) is 23.6 Å². The zero-order valence-electron chi connectivity index (χ0n) is 10.4. The van der Waals surface area contributed by atoms with E-state index >= 15 is 0 Å². The maximum absolute atomic E-state index is 11.4. The molecule has 0 aromatic heterocycles. The highest BCUT2D eigenvalue weighted by atomic mass is 35.5. The summed E-state index contributed by atoms with van der Waals surface area (Å²) in [5.41, 5.74) is 2.34. The van der Waals surface area contributed by atoms with E-state index in [-0.39, 0.29) is 0 Å². The molecule has 0 heterocycles. The number of ketones is 1. The molecule has 0 saturated carbocycles. The van der Waals surface area contributed by atoms with Gasteiger partial charge in [-0.1, -0.05) is 17.7 Å². The number of benzene rings is 2. The standard InChI is InChI=1S/C16H13ClO2/c17-13-3-7-15(8-4-13)19-16-6-2-11-9-14(18)5-1-12(11)10-16/h2-4,6-8,10H,1,5,9H2. The molecule has 1 aliphatic carbocycles. The van der Waals surface area contributed by atoms with Crippen LogP contribution in [0.5, 0.6) is 11.5 Å². The van der Waals surface area contributed by atoms with E-state index < -0.39 is 0 Å². The van der Waals surface area contributed by atoms with E-state index in [0.717, 1.165) is 23.5 Å². The predicted molar refractivity (Wildman–Crippen MR) is 75.0 cm³/mol. The molecule has 3 rings (SSSR count). The zero-order valence-corrected chi connectivity index (χ0v) is 11.1. The average Bonchev–Trinajstić information content (AvgIpc) is 2.42. The number of rotatable bonds is 2. The molecule has 1 aliphatic rings. The van der Waals surface area contributed by atoms with E-state index in [1.165, 1.54) is 5.56 Å². The molecule has 2 aromatic rings. The van der Waals surface area contributed by atoms with Crippen molar-refractivity contribution in [3.63, 3.8) is 0 Å². The maximum Gasteiger partial charge on any atom is 0.137 e. The van der Waals surface area contributed by atoms with Gasteiger partial charge in [-0.05, 0) is 53.9 Å². The fourth-order valence-electron chi connectivity index (χ4n) is 2.28. The van der Waals surface area contributed by atoms with Crippen LogP contribution >= 0.6 is 11.6 Å². The molecule has 2 aromatic carbocycles. The lowest BCUT2D eigenvalue weighted by Crippen LogP contribution is -2.12. The lowest BCUT2D eigenvalue weighted by molar-refractivity contribution is -0.118. The summed E-state index contributed by atoms with van der Waals surface area (Å²) in [4.78, 5) is 11.4. The molecule has 0 spiro atoms. The molecule has 0 atom stereocenters. The van der Waals surface area contributed by atoms with Gasteiger partial charge in [-0.2, -0.15) is 0 Å². The van der Waals surface area contributed by atoms with Crippen molar-refractivity contribution in [1.82, 2.24) is 0 Å². The molecule has 0 unspecified atom stereocenters. The van der Waals surface area contributed by atoms with Gasteiger partial charge in [0.25, 0.3) is 0 Å². The molecule has 96 valence electrons. The van der Waals surface area contributed by atoms with Gasteiger partial charge in [0, 0.05) is 17.9 Å². The summed E-state index contributed by atoms with van der Waals surface area (Å²) in [5.74, 6) is 1.88. The lowest BCUT2D eigenvalue weighted by Gasteiger charge is -2.16. The number of Topliss-reactive ketones (excluding diaryl/α,β-unsaturated/α-hetero) is 1. The van der Waals surface area contributed by atoms with Crippen molar-refractivity contribution in [1.29, 1.82) is 0 Å². The Morgan fingerprint density at radius 2 is 1.63 bits per heavy atom. The Balaban J connectivity index is 1.82. The fourth-order valence-corrected chi connectivity index (χ4v) is 2.41. The van der Waals surface area contributed by atoms with E-state index in [1.54, 1.807) is 12.1 Å². The van der Waals surface area contributed by atoms with Crippen molar-refractivity contribution in [3.05, 3.63) is 58.6 Å². The molecule has 0 bridgehead atoms. The van der Waals surface area contributed by atoms with Crippen LogP contribution in [-0.2, 0) is 17.6 Å². The smallest absolute Gasteiger partial charge is 0.137 e. The van der Waals surface area contributed by atoms with Gasteiger partial charge >= 0.3 is 0 Å². The Hall–Kier alpha value is -1.80. The van der Waals surface area contributed by atoms with Crippen LogP contribution in [0, 0.1) is 0 Å². The monoisotopic (exact) mass is 272 g/mol. The number of fused-ring (bicyclic) bond motifs is 1. The molecular weight excluding hydrogens is 260 g/mol. The zero-order chi connectivity index (χ0) is 13.2. The van der Waals surface area contributed by atoms with E-state index in [4.69, 9.17) is 16.3 Å². The molecule has 0 aliphatic heterocycles. The highest BCUT2D eigenvalue weighted by Crippen LogP contribution is 2.28. The molecule has 2 nitrogen and oxygen atoms in total. The quantitative estimate of drug-likeness (QED) is 0.819. The van der Waals surface area contributed by atoms with Gasteiger partial charge in [0.2, 0.25) is 0 Å². The summed E-state index contributed by atoms with van der Waals surface area (Å²) in [5, 5.41) is 0.691. The van der Waals surface area contributed by atoms with Crippen molar-refractivity contribution < 1.29 is 9.53 Å². The van der Waals surface area contributed by atoms with E-state index in [1.807, 2.05) is 30.3 Å². The minimum Gasteiger partial charge on any atom is -0.457 e. The third-order valence-corrected chi connectivity index (χ3v) is 3.54. The number of halogens is 1. The molecule has 0 N–H and O–H groups in total. The number of ether oxygens (including phenoxy) is 1. The summed E-state index contributed by atoms with van der Waals surface area (Å²) in [6.45, 7) is 0. The highest BCUT2D eigenvalue weighted by molar-refractivity contribution is 6.30. The molecule has 0 radical (unpaired) electrons. The molecule has 0 amide bonds. The van der Waals surface area contributed by atoms with Gasteiger partial charge < -0.3 is 4.74 Å². The van der Waals surface area contributed by atoms with Gasteiger partial charge in [0.05, 0.1) is 0 Å². The molecule has 0 saturated heterocycles. The second-order valence-electron chi connectivity index (χ2n) is 4.70. The fraction of sp³-hybridized carbons (Fsp3) is 0.188. The highest BCUT2D eigenvalue weighted by Gasteiger charge is 2.15. The number of hydrogen-bond acceptors (Lipinski definition) is 2. The summed E-state index contributed by atoms with van der Waals surface area (Å²) in [6.07, 6.45) is 2.00. The first-order valence-corrected chi connectivity index (χ1v) is 6.65.